The molecule has 1 saturated heterocycles. The Hall–Kier alpha value is -2.95. The van der Waals surface area contributed by atoms with Gasteiger partial charge in [0.2, 0.25) is 10.0 Å². The zero-order valence-corrected chi connectivity index (χ0v) is 20.4. The molecule has 0 spiro atoms. The number of nitrogens with zero attached hydrogens (tertiary/aromatic N) is 3. The molecule has 0 bridgehead atoms. The minimum Gasteiger partial charge on any atom is -0.331 e. The van der Waals surface area contributed by atoms with Crippen molar-refractivity contribution in [3.8, 4) is 6.07 Å². The highest BCUT2D eigenvalue weighted by Crippen LogP contribution is 2.28. The molecule has 1 heterocycles. The third kappa shape index (κ3) is 5.52. The highest BCUT2D eigenvalue weighted by molar-refractivity contribution is 7.89. The van der Waals surface area contributed by atoms with E-state index in [0.717, 1.165) is 24.0 Å². The van der Waals surface area contributed by atoms with Gasteiger partial charge in [0.15, 0.2) is 0 Å². The summed E-state index contributed by atoms with van der Waals surface area (Å²) < 4.78 is 28.4. The van der Waals surface area contributed by atoms with Crippen LogP contribution in [0.25, 0.3) is 0 Å². The van der Waals surface area contributed by atoms with Crippen LogP contribution in [-0.2, 0) is 16.6 Å². The van der Waals surface area contributed by atoms with E-state index in [1.165, 1.54) is 10.4 Å². The zero-order valence-electron chi connectivity index (χ0n) is 19.5. The minimum absolute atomic E-state index is 0.199. The van der Waals surface area contributed by atoms with Crippen LogP contribution in [0.3, 0.4) is 0 Å². The van der Waals surface area contributed by atoms with Gasteiger partial charge < -0.3 is 4.90 Å². The molecule has 2 aromatic rings. The van der Waals surface area contributed by atoms with E-state index in [1.807, 2.05) is 13.0 Å². The second-order valence-corrected chi connectivity index (χ2v) is 10.7. The number of rotatable bonds is 7. The number of hydrogen-bond acceptors (Lipinski definition) is 4. The van der Waals surface area contributed by atoms with Crippen molar-refractivity contribution in [3.05, 3.63) is 76.9 Å². The van der Waals surface area contributed by atoms with Crippen molar-refractivity contribution < 1.29 is 13.2 Å². The highest BCUT2D eigenvalue weighted by Gasteiger charge is 2.31. The normalized spacial score (nSPS) is 15.1. The zero-order chi connectivity index (χ0) is 24.2. The molecule has 7 heteroatoms. The molecule has 174 valence electrons. The minimum atomic E-state index is -3.69. The number of amides is 1. The monoisotopic (exact) mass is 465 g/mol. The molecule has 0 unspecified atom stereocenters. The summed E-state index contributed by atoms with van der Waals surface area (Å²) >= 11 is 0. The number of carbonyl (C=O) groups excluding carboxylic acids is 1. The van der Waals surface area contributed by atoms with Gasteiger partial charge in [-0.2, -0.15) is 9.57 Å². The second kappa shape index (κ2) is 10.3. The number of aryl methyl sites for hydroxylation is 1. The fraction of sp³-hybridized carbons (Fsp3) is 0.385. The SMILES string of the molecule is C=CCN(Cc1cccc(C#N)c1)C(=O)c1cc(C)c(C)c(S(=O)(=O)N2CCC(C)CC2)c1. The van der Waals surface area contributed by atoms with Crippen LogP contribution in [0.4, 0.5) is 0 Å². The first kappa shape index (κ1) is 24.7. The summed E-state index contributed by atoms with van der Waals surface area (Å²) in [5.41, 5.74) is 3.11. The van der Waals surface area contributed by atoms with Crippen molar-refractivity contribution in [2.24, 2.45) is 5.92 Å². The first-order chi connectivity index (χ1) is 15.7. The van der Waals surface area contributed by atoms with Gasteiger partial charge in [0.1, 0.15) is 0 Å². The van der Waals surface area contributed by atoms with Crippen LogP contribution in [0.2, 0.25) is 0 Å². The molecule has 1 fully saturated rings. The molecule has 0 N–H and O–H groups in total. The number of benzene rings is 2. The van der Waals surface area contributed by atoms with E-state index < -0.39 is 10.0 Å². The van der Waals surface area contributed by atoms with Crippen LogP contribution in [0.15, 0.2) is 53.9 Å². The lowest BCUT2D eigenvalue weighted by atomic mass is 10.0. The molecule has 1 aliphatic heterocycles. The third-order valence-electron chi connectivity index (χ3n) is 6.29. The fourth-order valence-electron chi connectivity index (χ4n) is 4.10. The summed E-state index contributed by atoms with van der Waals surface area (Å²) in [5, 5.41) is 9.16. The Kier molecular flexibility index (Phi) is 7.72. The molecule has 0 atom stereocenters. The molecule has 3 rings (SSSR count). The Balaban J connectivity index is 1.95. The van der Waals surface area contributed by atoms with E-state index in [4.69, 9.17) is 5.26 Å². The maximum Gasteiger partial charge on any atom is 0.254 e. The summed E-state index contributed by atoms with van der Waals surface area (Å²) in [4.78, 5) is 15.3. The van der Waals surface area contributed by atoms with Crippen molar-refractivity contribution in [3.63, 3.8) is 0 Å². The highest BCUT2D eigenvalue weighted by atomic mass is 32.2. The predicted octanol–water partition coefficient (Wildman–Crippen LogP) is 4.42. The molecular weight excluding hydrogens is 434 g/mol. The van der Waals surface area contributed by atoms with Gasteiger partial charge in [-0.15, -0.1) is 6.58 Å². The van der Waals surface area contributed by atoms with Crippen LogP contribution < -0.4 is 0 Å². The largest absolute Gasteiger partial charge is 0.331 e. The summed E-state index contributed by atoms with van der Waals surface area (Å²) in [6.45, 7) is 11.1. The van der Waals surface area contributed by atoms with Gasteiger partial charge in [0.25, 0.3) is 5.91 Å². The number of piperidine rings is 1. The van der Waals surface area contributed by atoms with Crippen molar-refractivity contribution >= 4 is 15.9 Å². The van der Waals surface area contributed by atoms with Gasteiger partial charge in [0.05, 0.1) is 16.5 Å². The van der Waals surface area contributed by atoms with E-state index >= 15 is 0 Å². The molecule has 1 amide bonds. The molecular formula is C26H31N3O3S. The fourth-order valence-corrected chi connectivity index (χ4v) is 5.89. The first-order valence-corrected chi connectivity index (χ1v) is 12.6. The number of nitriles is 1. The summed E-state index contributed by atoms with van der Waals surface area (Å²) in [7, 11) is -3.69. The number of sulfonamides is 1. The number of carbonyl (C=O) groups is 1. The average molecular weight is 466 g/mol. The molecule has 0 saturated carbocycles. The first-order valence-electron chi connectivity index (χ1n) is 11.2. The molecule has 2 aromatic carbocycles. The van der Waals surface area contributed by atoms with Crippen molar-refractivity contribution in [2.45, 2.75) is 45.1 Å². The van der Waals surface area contributed by atoms with Gasteiger partial charge >= 0.3 is 0 Å². The average Bonchev–Trinajstić information content (AvgIpc) is 2.80. The molecule has 0 radical (unpaired) electrons. The lowest BCUT2D eigenvalue weighted by molar-refractivity contribution is 0.0762. The third-order valence-corrected chi connectivity index (χ3v) is 8.32. The van der Waals surface area contributed by atoms with E-state index in [-0.39, 0.29) is 10.8 Å². The quantitative estimate of drug-likeness (QED) is 0.567. The lowest BCUT2D eigenvalue weighted by Gasteiger charge is -2.30. The van der Waals surface area contributed by atoms with Crippen molar-refractivity contribution in [2.75, 3.05) is 19.6 Å². The predicted molar refractivity (Wildman–Crippen MR) is 129 cm³/mol. The van der Waals surface area contributed by atoms with Crippen LogP contribution in [0.1, 0.15) is 52.4 Å². The van der Waals surface area contributed by atoms with E-state index in [2.05, 4.69) is 19.6 Å². The molecule has 6 nitrogen and oxygen atoms in total. The molecule has 33 heavy (non-hydrogen) atoms. The Bertz CT molecular complexity index is 1190. The van der Waals surface area contributed by atoms with Gasteiger partial charge in [-0.25, -0.2) is 8.42 Å². The topological polar surface area (TPSA) is 81.5 Å². The lowest BCUT2D eigenvalue weighted by Crippen LogP contribution is -2.38. The molecule has 0 aliphatic carbocycles. The van der Waals surface area contributed by atoms with Gasteiger partial charge in [-0.1, -0.05) is 25.1 Å². The van der Waals surface area contributed by atoms with E-state index in [0.29, 0.717) is 48.8 Å². The Labute approximate surface area is 197 Å². The maximum absolute atomic E-state index is 13.5. The molecule has 1 aliphatic rings. The second-order valence-electron chi connectivity index (χ2n) is 8.79. The summed E-state index contributed by atoms with van der Waals surface area (Å²) in [6, 6.07) is 12.5. The van der Waals surface area contributed by atoms with Gasteiger partial charge in [-0.05, 0) is 73.6 Å². The van der Waals surface area contributed by atoms with E-state index in [9.17, 15) is 13.2 Å². The number of hydrogen-bond donors (Lipinski definition) is 0. The van der Waals surface area contributed by atoms with Crippen LogP contribution >= 0.6 is 0 Å². The van der Waals surface area contributed by atoms with Crippen LogP contribution in [-0.4, -0.2) is 43.2 Å². The standard InChI is InChI=1S/C26H31N3O3S/c1-5-11-28(18-23-8-6-7-22(15-23)17-27)26(30)24-14-20(3)21(4)25(16-24)33(31,32)29-12-9-19(2)10-13-29/h5-8,14-16,19H,1,9-13,18H2,2-4H3. The maximum atomic E-state index is 13.5. The van der Waals surface area contributed by atoms with Crippen molar-refractivity contribution in [1.29, 1.82) is 5.26 Å². The van der Waals surface area contributed by atoms with Gasteiger partial charge in [0, 0.05) is 31.7 Å². The summed E-state index contributed by atoms with van der Waals surface area (Å²) in [6.07, 6.45) is 3.31. The molecule has 0 aromatic heterocycles. The summed E-state index contributed by atoms with van der Waals surface area (Å²) in [5.74, 6) is 0.239. The Morgan fingerprint density at radius 3 is 2.58 bits per heavy atom. The van der Waals surface area contributed by atoms with Crippen molar-refractivity contribution in [1.82, 2.24) is 9.21 Å². The van der Waals surface area contributed by atoms with E-state index in [1.54, 1.807) is 42.2 Å². The smallest absolute Gasteiger partial charge is 0.254 e. The van der Waals surface area contributed by atoms with Gasteiger partial charge in [-0.3, -0.25) is 4.79 Å². The Morgan fingerprint density at radius 1 is 1.24 bits per heavy atom. The van der Waals surface area contributed by atoms with Crippen LogP contribution in [0, 0.1) is 31.1 Å². The Morgan fingerprint density at radius 2 is 1.94 bits per heavy atom. The van der Waals surface area contributed by atoms with Crippen LogP contribution in [0.5, 0.6) is 0 Å².